The van der Waals surface area contributed by atoms with E-state index in [1.807, 2.05) is 0 Å². The fourth-order valence-corrected chi connectivity index (χ4v) is 2.01. The molecule has 1 aromatic rings. The van der Waals surface area contributed by atoms with E-state index in [4.69, 9.17) is 16.7 Å². The third-order valence-corrected chi connectivity index (χ3v) is 2.96. The Morgan fingerprint density at radius 2 is 2.15 bits per heavy atom. The summed E-state index contributed by atoms with van der Waals surface area (Å²) in [5, 5.41) is 13.7. The number of rotatable bonds is 6. The lowest BCUT2D eigenvalue weighted by Crippen LogP contribution is -2.38. The summed E-state index contributed by atoms with van der Waals surface area (Å²) in [6, 6.07) is 3.21. The van der Waals surface area contributed by atoms with Crippen molar-refractivity contribution in [2.75, 3.05) is 6.54 Å². The van der Waals surface area contributed by atoms with Crippen molar-refractivity contribution in [3.8, 4) is 0 Å². The number of amides is 2. The van der Waals surface area contributed by atoms with Gasteiger partial charge >= 0.3 is 12.0 Å². The Bertz CT molecular complexity index is 476. The van der Waals surface area contributed by atoms with Crippen LogP contribution in [0.1, 0.15) is 31.4 Å². The molecule has 5 nitrogen and oxygen atoms in total. The summed E-state index contributed by atoms with van der Waals surface area (Å²) >= 11 is 5.89. The normalized spacial score (nSPS) is 11.8. The van der Waals surface area contributed by atoms with E-state index in [9.17, 15) is 14.0 Å². The molecule has 2 amide bonds. The van der Waals surface area contributed by atoms with E-state index in [0.29, 0.717) is 6.42 Å². The summed E-state index contributed by atoms with van der Waals surface area (Å²) in [5.74, 6) is -1.41. The first-order chi connectivity index (χ1) is 9.41. The standard InChI is InChI=1S/C13H16ClFN2O3/c1-8(12-9(14)4-2-5-10(12)15)17-13(20)16-7-3-6-11(18)19/h2,4-5,8H,3,6-7H2,1H3,(H,18,19)(H2,16,17,20). The van der Waals surface area contributed by atoms with Gasteiger partial charge in [0.05, 0.1) is 6.04 Å². The van der Waals surface area contributed by atoms with Crippen molar-refractivity contribution in [3.05, 3.63) is 34.6 Å². The quantitative estimate of drug-likeness (QED) is 0.707. The summed E-state index contributed by atoms with van der Waals surface area (Å²) in [5.41, 5.74) is 0.217. The molecule has 0 heterocycles. The van der Waals surface area contributed by atoms with E-state index < -0.39 is 23.9 Å². The third-order valence-electron chi connectivity index (χ3n) is 2.63. The predicted molar refractivity (Wildman–Crippen MR) is 73.2 cm³/mol. The van der Waals surface area contributed by atoms with Crippen LogP contribution in [0.4, 0.5) is 9.18 Å². The van der Waals surface area contributed by atoms with Gasteiger partial charge in [0, 0.05) is 23.6 Å². The fraction of sp³-hybridized carbons (Fsp3) is 0.385. The number of hydrogen-bond donors (Lipinski definition) is 3. The Morgan fingerprint density at radius 1 is 1.45 bits per heavy atom. The molecule has 0 saturated carbocycles. The first-order valence-electron chi connectivity index (χ1n) is 6.12. The summed E-state index contributed by atoms with van der Waals surface area (Å²) < 4.78 is 13.6. The highest BCUT2D eigenvalue weighted by molar-refractivity contribution is 6.31. The maximum Gasteiger partial charge on any atom is 0.315 e. The van der Waals surface area contributed by atoms with Crippen molar-refractivity contribution in [2.24, 2.45) is 0 Å². The number of carbonyl (C=O) groups excluding carboxylic acids is 1. The topological polar surface area (TPSA) is 78.4 Å². The van der Waals surface area contributed by atoms with Crippen molar-refractivity contribution >= 4 is 23.6 Å². The molecule has 0 aliphatic carbocycles. The first kappa shape index (κ1) is 16.2. The van der Waals surface area contributed by atoms with E-state index in [1.165, 1.54) is 12.1 Å². The molecule has 1 unspecified atom stereocenters. The van der Waals surface area contributed by atoms with Gasteiger partial charge in [-0.15, -0.1) is 0 Å². The maximum atomic E-state index is 13.6. The third kappa shape index (κ3) is 5.05. The van der Waals surface area contributed by atoms with Crippen LogP contribution in [0.3, 0.4) is 0 Å². The Kier molecular flexibility index (Phi) is 6.24. The second-order valence-corrected chi connectivity index (χ2v) is 4.66. The summed E-state index contributed by atoms with van der Waals surface area (Å²) in [6.45, 7) is 1.84. The summed E-state index contributed by atoms with van der Waals surface area (Å²) in [6.07, 6.45) is 0.312. The zero-order chi connectivity index (χ0) is 15.1. The van der Waals surface area contributed by atoms with E-state index in [2.05, 4.69) is 10.6 Å². The van der Waals surface area contributed by atoms with Gasteiger partial charge in [-0.05, 0) is 25.5 Å². The molecule has 3 N–H and O–H groups in total. The minimum atomic E-state index is -0.918. The Labute approximate surface area is 121 Å². The SMILES string of the molecule is CC(NC(=O)NCCCC(=O)O)c1c(F)cccc1Cl. The highest BCUT2D eigenvalue weighted by Crippen LogP contribution is 2.25. The van der Waals surface area contributed by atoms with Crippen molar-refractivity contribution in [2.45, 2.75) is 25.8 Å². The number of urea groups is 1. The van der Waals surface area contributed by atoms with Crippen LogP contribution >= 0.6 is 11.6 Å². The van der Waals surface area contributed by atoms with Gasteiger partial charge < -0.3 is 15.7 Å². The number of carboxylic acid groups (broad SMARTS) is 1. The Hall–Kier alpha value is -1.82. The Morgan fingerprint density at radius 3 is 2.75 bits per heavy atom. The molecule has 0 saturated heterocycles. The van der Waals surface area contributed by atoms with E-state index in [-0.39, 0.29) is 23.6 Å². The molecular weight excluding hydrogens is 287 g/mol. The number of benzene rings is 1. The number of carbonyl (C=O) groups is 2. The van der Waals surface area contributed by atoms with Gasteiger partial charge in [0.15, 0.2) is 0 Å². The lowest BCUT2D eigenvalue weighted by atomic mass is 10.1. The average molecular weight is 303 g/mol. The molecule has 0 aromatic heterocycles. The Balaban J connectivity index is 2.47. The van der Waals surface area contributed by atoms with Crippen LogP contribution in [0.25, 0.3) is 0 Å². The van der Waals surface area contributed by atoms with Crippen LogP contribution in [0.15, 0.2) is 18.2 Å². The molecule has 20 heavy (non-hydrogen) atoms. The molecule has 0 spiro atoms. The van der Waals surface area contributed by atoms with Gasteiger partial charge in [0.1, 0.15) is 5.82 Å². The first-order valence-corrected chi connectivity index (χ1v) is 6.49. The van der Waals surface area contributed by atoms with Gasteiger partial charge in [-0.2, -0.15) is 0 Å². The number of carboxylic acids is 1. The number of halogens is 2. The molecule has 110 valence electrons. The van der Waals surface area contributed by atoms with E-state index in [1.54, 1.807) is 13.0 Å². The smallest absolute Gasteiger partial charge is 0.315 e. The molecule has 1 atom stereocenters. The number of nitrogens with one attached hydrogen (secondary N) is 2. The molecule has 1 rings (SSSR count). The summed E-state index contributed by atoms with van der Waals surface area (Å²) in [4.78, 5) is 21.9. The molecule has 0 aliphatic rings. The zero-order valence-corrected chi connectivity index (χ0v) is 11.7. The number of aliphatic carboxylic acids is 1. The second kappa shape index (κ2) is 7.69. The molecule has 0 bridgehead atoms. The molecule has 1 aromatic carbocycles. The van der Waals surface area contributed by atoms with Crippen LogP contribution in [0.2, 0.25) is 5.02 Å². The van der Waals surface area contributed by atoms with Crippen molar-refractivity contribution < 1.29 is 19.1 Å². The second-order valence-electron chi connectivity index (χ2n) is 4.25. The largest absolute Gasteiger partial charge is 0.481 e. The average Bonchev–Trinajstić information content (AvgIpc) is 2.34. The predicted octanol–water partition coefficient (Wildman–Crippen LogP) is 2.70. The van der Waals surface area contributed by atoms with Gasteiger partial charge in [0.2, 0.25) is 0 Å². The molecule has 0 aliphatic heterocycles. The van der Waals surface area contributed by atoms with Gasteiger partial charge in [0.25, 0.3) is 0 Å². The maximum absolute atomic E-state index is 13.6. The molecule has 0 radical (unpaired) electrons. The molecule has 7 heteroatoms. The van der Waals surface area contributed by atoms with Crippen molar-refractivity contribution in [1.82, 2.24) is 10.6 Å². The highest BCUT2D eigenvalue weighted by Gasteiger charge is 2.16. The minimum Gasteiger partial charge on any atom is -0.481 e. The zero-order valence-electron chi connectivity index (χ0n) is 11.0. The van der Waals surface area contributed by atoms with Crippen LogP contribution in [0, 0.1) is 5.82 Å². The van der Waals surface area contributed by atoms with Gasteiger partial charge in [-0.25, -0.2) is 9.18 Å². The highest BCUT2D eigenvalue weighted by atomic mass is 35.5. The summed E-state index contributed by atoms with van der Waals surface area (Å²) in [7, 11) is 0. The molecule has 0 fully saturated rings. The number of hydrogen-bond acceptors (Lipinski definition) is 2. The van der Waals surface area contributed by atoms with E-state index in [0.717, 1.165) is 0 Å². The van der Waals surface area contributed by atoms with Crippen LogP contribution in [-0.2, 0) is 4.79 Å². The minimum absolute atomic E-state index is 0.0189. The fourth-order valence-electron chi connectivity index (χ4n) is 1.69. The molecular formula is C13H16ClFN2O3. The van der Waals surface area contributed by atoms with Crippen LogP contribution in [-0.4, -0.2) is 23.7 Å². The van der Waals surface area contributed by atoms with Crippen molar-refractivity contribution in [1.29, 1.82) is 0 Å². The van der Waals surface area contributed by atoms with Crippen LogP contribution < -0.4 is 10.6 Å². The lowest BCUT2D eigenvalue weighted by Gasteiger charge is -2.16. The monoisotopic (exact) mass is 302 g/mol. The van der Waals surface area contributed by atoms with E-state index >= 15 is 0 Å². The van der Waals surface area contributed by atoms with Crippen LogP contribution in [0.5, 0.6) is 0 Å². The van der Waals surface area contributed by atoms with Gasteiger partial charge in [-0.3, -0.25) is 4.79 Å². The van der Waals surface area contributed by atoms with Crippen molar-refractivity contribution in [3.63, 3.8) is 0 Å². The van der Waals surface area contributed by atoms with Gasteiger partial charge in [-0.1, -0.05) is 17.7 Å². The lowest BCUT2D eigenvalue weighted by molar-refractivity contribution is -0.137.